The lowest BCUT2D eigenvalue weighted by atomic mass is 10.0. The van der Waals surface area contributed by atoms with E-state index in [9.17, 15) is 4.79 Å². The van der Waals surface area contributed by atoms with Gasteiger partial charge in [-0.25, -0.2) is 0 Å². The van der Waals surface area contributed by atoms with E-state index in [1.54, 1.807) is 11.2 Å². The molecule has 1 N–H and O–H groups in total. The van der Waals surface area contributed by atoms with Crippen molar-refractivity contribution in [2.75, 3.05) is 18.9 Å². The molecule has 0 aliphatic rings. The first-order valence-corrected chi connectivity index (χ1v) is 11.3. The standard InChI is InChI=1S/C23H29N3O.C4H10/c1-5-24-17-26(4)22(23(27)25-21-12-7-6-8-13-21)16-20-11-9-10-19(15-20)14-18(2)3;1-3-4-2/h6-13,15-18H,5,14H2,1-4H3,(H,25,27);3-4H2,1-2H3/b22-16-,24-17?;. The molecule has 0 aromatic heterocycles. The molecule has 0 saturated carbocycles. The fourth-order valence-electron chi connectivity index (χ4n) is 2.75. The zero-order valence-corrected chi connectivity index (χ0v) is 20.1. The first kappa shape index (κ1) is 26.2. The lowest BCUT2D eigenvalue weighted by Crippen LogP contribution is -2.27. The molecule has 0 radical (unpaired) electrons. The monoisotopic (exact) mass is 421 g/mol. The Balaban J connectivity index is 0.00000110. The molecule has 0 aliphatic heterocycles. The van der Waals surface area contributed by atoms with Gasteiger partial charge >= 0.3 is 0 Å². The van der Waals surface area contributed by atoms with Gasteiger partial charge in [0, 0.05) is 19.3 Å². The molecule has 0 aliphatic carbocycles. The molecule has 2 rings (SSSR count). The second kappa shape index (κ2) is 15.0. The number of unbranched alkanes of at least 4 members (excludes halogenated alkanes) is 1. The van der Waals surface area contributed by atoms with Crippen LogP contribution in [0.15, 0.2) is 65.3 Å². The van der Waals surface area contributed by atoms with Crippen LogP contribution in [0, 0.1) is 5.92 Å². The van der Waals surface area contributed by atoms with Gasteiger partial charge in [-0.15, -0.1) is 0 Å². The lowest BCUT2D eigenvalue weighted by molar-refractivity contribution is -0.113. The Bertz CT molecular complexity index is 823. The smallest absolute Gasteiger partial charge is 0.272 e. The molecule has 0 fully saturated rings. The number of amides is 1. The van der Waals surface area contributed by atoms with E-state index in [2.05, 4.69) is 50.1 Å². The van der Waals surface area contributed by atoms with Gasteiger partial charge in [0.15, 0.2) is 0 Å². The number of nitrogens with one attached hydrogen (secondary N) is 1. The van der Waals surface area contributed by atoms with Crippen LogP contribution >= 0.6 is 0 Å². The average Bonchev–Trinajstić information content (AvgIpc) is 2.76. The minimum absolute atomic E-state index is 0.166. The van der Waals surface area contributed by atoms with E-state index in [1.807, 2.05) is 62.5 Å². The van der Waals surface area contributed by atoms with Crippen molar-refractivity contribution in [3.63, 3.8) is 0 Å². The molecule has 0 unspecified atom stereocenters. The largest absolute Gasteiger partial charge is 0.331 e. The second-order valence-electron chi connectivity index (χ2n) is 7.92. The number of nitrogens with zero attached hydrogens (tertiary/aromatic N) is 2. The summed E-state index contributed by atoms with van der Waals surface area (Å²) in [4.78, 5) is 18.9. The number of hydrogen-bond donors (Lipinski definition) is 1. The highest BCUT2D eigenvalue weighted by Crippen LogP contribution is 2.16. The number of likely N-dealkylation sites (N-methyl/N-ethyl adjacent to an activating group) is 1. The van der Waals surface area contributed by atoms with Gasteiger partial charge < -0.3 is 10.2 Å². The van der Waals surface area contributed by atoms with E-state index in [1.165, 1.54) is 18.4 Å². The van der Waals surface area contributed by atoms with Crippen molar-refractivity contribution in [2.24, 2.45) is 10.9 Å². The van der Waals surface area contributed by atoms with Crippen LogP contribution in [0.3, 0.4) is 0 Å². The Morgan fingerprint density at radius 3 is 2.29 bits per heavy atom. The molecule has 0 saturated heterocycles. The summed E-state index contributed by atoms with van der Waals surface area (Å²) in [5, 5.41) is 2.96. The van der Waals surface area contributed by atoms with Crippen molar-refractivity contribution < 1.29 is 4.79 Å². The van der Waals surface area contributed by atoms with Gasteiger partial charge in [0.2, 0.25) is 0 Å². The Morgan fingerprint density at radius 1 is 1.03 bits per heavy atom. The second-order valence-corrected chi connectivity index (χ2v) is 7.92. The quantitative estimate of drug-likeness (QED) is 0.280. The average molecular weight is 422 g/mol. The number of carbonyl (C=O) groups excluding carboxylic acids is 1. The van der Waals surface area contributed by atoms with Crippen molar-refractivity contribution in [3.8, 4) is 0 Å². The van der Waals surface area contributed by atoms with E-state index in [0.29, 0.717) is 18.2 Å². The lowest BCUT2D eigenvalue weighted by Gasteiger charge is -2.18. The van der Waals surface area contributed by atoms with Gasteiger partial charge in [0.05, 0.1) is 6.34 Å². The van der Waals surface area contributed by atoms with Crippen LogP contribution in [0.5, 0.6) is 0 Å². The fourth-order valence-corrected chi connectivity index (χ4v) is 2.75. The number of benzene rings is 2. The van der Waals surface area contributed by atoms with Crippen LogP contribution < -0.4 is 5.32 Å². The van der Waals surface area contributed by atoms with Crippen LogP contribution in [0.2, 0.25) is 0 Å². The molecule has 4 heteroatoms. The molecule has 2 aromatic rings. The molecule has 0 atom stereocenters. The SMILES string of the molecule is CCCC.CCN=CN(C)/C(=C\c1cccc(CC(C)C)c1)C(=O)Nc1ccccc1. The predicted molar refractivity (Wildman–Crippen MR) is 135 cm³/mol. The van der Waals surface area contributed by atoms with Crippen molar-refractivity contribution in [1.29, 1.82) is 0 Å². The van der Waals surface area contributed by atoms with Crippen molar-refractivity contribution >= 4 is 24.0 Å². The third-order valence-corrected chi connectivity index (χ3v) is 4.48. The van der Waals surface area contributed by atoms with Gasteiger partial charge in [-0.05, 0) is 48.6 Å². The normalized spacial score (nSPS) is 11.3. The minimum atomic E-state index is -0.166. The maximum absolute atomic E-state index is 12.9. The third-order valence-electron chi connectivity index (χ3n) is 4.48. The predicted octanol–water partition coefficient (Wildman–Crippen LogP) is 6.65. The molecule has 168 valence electrons. The van der Waals surface area contributed by atoms with E-state index >= 15 is 0 Å². The summed E-state index contributed by atoms with van der Waals surface area (Å²) in [5.41, 5.74) is 3.58. The summed E-state index contributed by atoms with van der Waals surface area (Å²) in [7, 11) is 1.84. The summed E-state index contributed by atoms with van der Waals surface area (Å²) in [6.45, 7) is 11.4. The first-order chi connectivity index (χ1) is 14.9. The maximum atomic E-state index is 12.9. The van der Waals surface area contributed by atoms with E-state index in [4.69, 9.17) is 0 Å². The van der Waals surface area contributed by atoms with Crippen LogP contribution in [0.1, 0.15) is 58.6 Å². The van der Waals surface area contributed by atoms with Crippen LogP contribution in [-0.4, -0.2) is 30.7 Å². The summed E-state index contributed by atoms with van der Waals surface area (Å²) >= 11 is 0. The molecule has 31 heavy (non-hydrogen) atoms. The van der Waals surface area contributed by atoms with Crippen LogP contribution in [-0.2, 0) is 11.2 Å². The zero-order chi connectivity index (χ0) is 23.1. The number of anilines is 1. The van der Waals surface area contributed by atoms with Crippen molar-refractivity contribution in [2.45, 2.75) is 53.9 Å². The summed E-state index contributed by atoms with van der Waals surface area (Å²) in [6.07, 6.45) is 7.25. The topological polar surface area (TPSA) is 44.7 Å². The van der Waals surface area contributed by atoms with Crippen molar-refractivity contribution in [3.05, 3.63) is 71.4 Å². The zero-order valence-electron chi connectivity index (χ0n) is 20.1. The summed E-state index contributed by atoms with van der Waals surface area (Å²) < 4.78 is 0. The molecule has 0 spiro atoms. The highest BCUT2D eigenvalue weighted by Gasteiger charge is 2.14. The minimum Gasteiger partial charge on any atom is -0.331 e. The number of hydrogen-bond acceptors (Lipinski definition) is 2. The van der Waals surface area contributed by atoms with Gasteiger partial charge in [-0.2, -0.15) is 0 Å². The molecular weight excluding hydrogens is 382 g/mol. The highest BCUT2D eigenvalue weighted by atomic mass is 16.2. The van der Waals surface area contributed by atoms with Gasteiger partial charge in [0.1, 0.15) is 5.70 Å². The summed E-state index contributed by atoms with van der Waals surface area (Å²) in [6, 6.07) is 17.8. The Labute approximate surface area is 189 Å². The highest BCUT2D eigenvalue weighted by molar-refractivity contribution is 6.07. The molecule has 2 aromatic carbocycles. The molecule has 1 amide bonds. The summed E-state index contributed by atoms with van der Waals surface area (Å²) in [5.74, 6) is 0.421. The van der Waals surface area contributed by atoms with E-state index in [0.717, 1.165) is 17.7 Å². The van der Waals surface area contributed by atoms with Crippen LogP contribution in [0.25, 0.3) is 6.08 Å². The Morgan fingerprint density at radius 2 is 1.71 bits per heavy atom. The third kappa shape index (κ3) is 10.6. The van der Waals surface area contributed by atoms with E-state index in [-0.39, 0.29) is 5.91 Å². The van der Waals surface area contributed by atoms with E-state index < -0.39 is 0 Å². The molecule has 0 bridgehead atoms. The number of para-hydroxylation sites is 1. The van der Waals surface area contributed by atoms with Gasteiger partial charge in [-0.3, -0.25) is 9.79 Å². The number of rotatable bonds is 9. The van der Waals surface area contributed by atoms with Gasteiger partial charge in [0.25, 0.3) is 5.91 Å². The molecule has 4 nitrogen and oxygen atoms in total. The number of aliphatic imine (C=N–C) groups is 1. The van der Waals surface area contributed by atoms with Crippen molar-refractivity contribution in [1.82, 2.24) is 4.90 Å². The molecular formula is C27H39N3O. The fraction of sp³-hybridized carbons (Fsp3) is 0.407. The first-order valence-electron chi connectivity index (χ1n) is 11.3. The van der Waals surface area contributed by atoms with Gasteiger partial charge in [-0.1, -0.05) is 83.0 Å². The maximum Gasteiger partial charge on any atom is 0.272 e. The number of carbonyl (C=O) groups is 1. The molecule has 0 heterocycles. The Hall–Kier alpha value is -2.88. The van der Waals surface area contributed by atoms with Crippen LogP contribution in [0.4, 0.5) is 5.69 Å². The Kier molecular flexibility index (Phi) is 12.7.